The minimum Gasteiger partial charge on any atom is -0.475 e. The second kappa shape index (κ2) is 13.4. The lowest BCUT2D eigenvalue weighted by Gasteiger charge is -2.36. The molecule has 0 amide bonds. The minimum atomic E-state index is 0. The maximum atomic E-state index is 5.72. The number of hydrogen-bond donors (Lipinski definition) is 1. The Labute approximate surface area is 184 Å². The van der Waals surface area contributed by atoms with Crippen molar-refractivity contribution in [1.29, 1.82) is 0 Å². The lowest BCUT2D eigenvalue weighted by Crippen LogP contribution is -2.49. The highest BCUT2D eigenvalue weighted by atomic mass is 127. The molecule has 0 radical (unpaired) electrons. The highest BCUT2D eigenvalue weighted by molar-refractivity contribution is 14.0. The molecule has 8 heteroatoms. The fraction of sp³-hybridized carbons (Fsp3) is 0.684. The molecule has 1 atom stereocenters. The number of hydrogen-bond acceptors (Lipinski definition) is 5. The first-order valence-corrected chi connectivity index (χ1v) is 10.4. The SMILES string of the molecule is CCNC(=NCc1cccnc1OCCOC)N1CCSC(C(C)C)C1.I. The highest BCUT2D eigenvalue weighted by Gasteiger charge is 2.24. The number of pyridine rings is 1. The van der Waals surface area contributed by atoms with Crippen molar-refractivity contribution in [2.75, 3.05) is 45.7 Å². The van der Waals surface area contributed by atoms with E-state index in [9.17, 15) is 0 Å². The van der Waals surface area contributed by atoms with Gasteiger partial charge in [-0.3, -0.25) is 0 Å². The number of ether oxygens (including phenoxy) is 2. The summed E-state index contributed by atoms with van der Waals surface area (Å²) in [6.07, 6.45) is 1.75. The van der Waals surface area contributed by atoms with Crippen molar-refractivity contribution in [3.63, 3.8) is 0 Å². The van der Waals surface area contributed by atoms with Crippen molar-refractivity contribution in [3.05, 3.63) is 23.9 Å². The number of aliphatic imine (C=N–C) groups is 1. The van der Waals surface area contributed by atoms with Gasteiger partial charge in [0.05, 0.1) is 13.2 Å². The molecule has 0 saturated carbocycles. The molecule has 2 heterocycles. The van der Waals surface area contributed by atoms with Crippen LogP contribution in [0.15, 0.2) is 23.3 Å². The predicted octanol–water partition coefficient (Wildman–Crippen LogP) is 3.26. The van der Waals surface area contributed by atoms with Crippen LogP contribution >= 0.6 is 35.7 Å². The predicted molar refractivity (Wildman–Crippen MR) is 124 cm³/mol. The third-order valence-electron chi connectivity index (χ3n) is 4.25. The summed E-state index contributed by atoms with van der Waals surface area (Å²) in [5.74, 6) is 3.43. The monoisotopic (exact) mass is 508 g/mol. The van der Waals surface area contributed by atoms with Crippen LogP contribution in [0.5, 0.6) is 5.88 Å². The molecule has 1 aliphatic rings. The lowest BCUT2D eigenvalue weighted by molar-refractivity contribution is 0.143. The van der Waals surface area contributed by atoms with Gasteiger partial charge in [0.25, 0.3) is 0 Å². The molecule has 27 heavy (non-hydrogen) atoms. The van der Waals surface area contributed by atoms with Crippen LogP contribution < -0.4 is 10.1 Å². The third kappa shape index (κ3) is 8.03. The van der Waals surface area contributed by atoms with Crippen LogP contribution in [0.3, 0.4) is 0 Å². The summed E-state index contributed by atoms with van der Waals surface area (Å²) in [5, 5.41) is 4.09. The number of halogens is 1. The van der Waals surface area contributed by atoms with Gasteiger partial charge in [0.15, 0.2) is 5.96 Å². The van der Waals surface area contributed by atoms with Gasteiger partial charge < -0.3 is 19.7 Å². The van der Waals surface area contributed by atoms with Crippen LogP contribution in [0.4, 0.5) is 0 Å². The number of methoxy groups -OCH3 is 1. The smallest absolute Gasteiger partial charge is 0.218 e. The number of thioether (sulfide) groups is 1. The maximum absolute atomic E-state index is 5.72. The first-order chi connectivity index (χ1) is 12.7. The van der Waals surface area contributed by atoms with Crippen LogP contribution in [0.25, 0.3) is 0 Å². The van der Waals surface area contributed by atoms with Crippen LogP contribution in [0.1, 0.15) is 26.3 Å². The number of nitrogens with one attached hydrogen (secondary N) is 1. The Balaban J connectivity index is 0.00000364. The zero-order chi connectivity index (χ0) is 18.8. The van der Waals surface area contributed by atoms with Crippen molar-refractivity contribution >= 4 is 41.7 Å². The van der Waals surface area contributed by atoms with Crippen molar-refractivity contribution in [2.45, 2.75) is 32.6 Å². The summed E-state index contributed by atoms with van der Waals surface area (Å²) in [6.45, 7) is 11.2. The zero-order valence-electron chi connectivity index (χ0n) is 16.8. The van der Waals surface area contributed by atoms with E-state index >= 15 is 0 Å². The molecule has 0 bridgehead atoms. The molecule has 6 nitrogen and oxygen atoms in total. The summed E-state index contributed by atoms with van der Waals surface area (Å²) in [4.78, 5) is 11.6. The van der Waals surface area contributed by atoms with Crippen molar-refractivity contribution in [1.82, 2.24) is 15.2 Å². The molecule has 2 rings (SSSR count). The average Bonchev–Trinajstić information content (AvgIpc) is 2.66. The molecule has 1 N–H and O–H groups in total. The topological polar surface area (TPSA) is 59.0 Å². The van der Waals surface area contributed by atoms with E-state index in [0.29, 0.717) is 36.8 Å². The third-order valence-corrected chi connectivity index (χ3v) is 5.79. The Morgan fingerprint density at radius 3 is 2.96 bits per heavy atom. The van der Waals surface area contributed by atoms with E-state index in [4.69, 9.17) is 14.5 Å². The highest BCUT2D eigenvalue weighted by Crippen LogP contribution is 2.25. The van der Waals surface area contributed by atoms with Crippen LogP contribution in [0, 0.1) is 5.92 Å². The van der Waals surface area contributed by atoms with Gasteiger partial charge in [0, 0.05) is 49.5 Å². The quantitative estimate of drug-likeness (QED) is 0.252. The van der Waals surface area contributed by atoms with Gasteiger partial charge in [0.2, 0.25) is 5.88 Å². The molecule has 1 saturated heterocycles. The van der Waals surface area contributed by atoms with E-state index in [2.05, 4.69) is 47.7 Å². The largest absolute Gasteiger partial charge is 0.475 e. The number of rotatable bonds is 8. The van der Waals surface area contributed by atoms with E-state index in [1.165, 1.54) is 0 Å². The molecule has 0 aromatic carbocycles. The van der Waals surface area contributed by atoms with Crippen LogP contribution in [-0.2, 0) is 11.3 Å². The Hall–Kier alpha value is -0.740. The van der Waals surface area contributed by atoms with Gasteiger partial charge >= 0.3 is 0 Å². The Bertz CT molecular complexity index is 574. The first kappa shape index (κ1) is 24.3. The molecule has 1 aromatic rings. The summed E-state index contributed by atoms with van der Waals surface area (Å²) in [5.41, 5.74) is 0.991. The maximum Gasteiger partial charge on any atom is 0.218 e. The number of aromatic nitrogens is 1. The molecule has 1 aromatic heterocycles. The summed E-state index contributed by atoms with van der Waals surface area (Å²) < 4.78 is 10.8. The van der Waals surface area contributed by atoms with Gasteiger partial charge in [-0.25, -0.2) is 9.98 Å². The Morgan fingerprint density at radius 2 is 2.26 bits per heavy atom. The van der Waals surface area contributed by atoms with Crippen LogP contribution in [0.2, 0.25) is 0 Å². The molecule has 1 unspecified atom stereocenters. The summed E-state index contributed by atoms with van der Waals surface area (Å²) >= 11 is 2.07. The van der Waals surface area contributed by atoms with Gasteiger partial charge in [-0.1, -0.05) is 19.9 Å². The standard InChI is InChI=1S/C19H32N4O2S.HI/c1-5-20-19(23-9-12-26-17(14-23)15(2)3)22-13-16-7-6-8-21-18(16)25-11-10-24-4;/h6-8,15,17H,5,9-14H2,1-4H3,(H,20,22);1H. The minimum absolute atomic E-state index is 0. The van der Waals surface area contributed by atoms with E-state index < -0.39 is 0 Å². The average molecular weight is 508 g/mol. The van der Waals surface area contributed by atoms with Gasteiger partial charge in [-0.05, 0) is 18.9 Å². The number of nitrogens with zero attached hydrogens (tertiary/aromatic N) is 3. The summed E-state index contributed by atoms with van der Waals surface area (Å²) in [6, 6.07) is 3.94. The fourth-order valence-corrected chi connectivity index (χ4v) is 4.05. The number of guanidine groups is 1. The van der Waals surface area contributed by atoms with Crippen molar-refractivity contribution in [3.8, 4) is 5.88 Å². The Morgan fingerprint density at radius 1 is 1.44 bits per heavy atom. The van der Waals surface area contributed by atoms with Gasteiger partial charge in [-0.2, -0.15) is 11.8 Å². The lowest BCUT2D eigenvalue weighted by atomic mass is 10.1. The molecule has 0 aliphatic carbocycles. The molecule has 0 spiro atoms. The Kier molecular flexibility index (Phi) is 12.1. The molecule has 154 valence electrons. The van der Waals surface area contributed by atoms with E-state index in [-0.39, 0.29) is 24.0 Å². The van der Waals surface area contributed by atoms with Crippen molar-refractivity contribution in [2.24, 2.45) is 10.9 Å². The normalized spacial score (nSPS) is 17.6. The van der Waals surface area contributed by atoms with Gasteiger partial charge in [-0.15, -0.1) is 24.0 Å². The summed E-state index contributed by atoms with van der Waals surface area (Å²) in [7, 11) is 1.66. The van der Waals surface area contributed by atoms with Gasteiger partial charge in [0.1, 0.15) is 6.61 Å². The van der Waals surface area contributed by atoms with Crippen LogP contribution in [-0.4, -0.2) is 66.8 Å². The molecular weight excluding hydrogens is 475 g/mol. The van der Waals surface area contributed by atoms with E-state index in [1.807, 2.05) is 12.1 Å². The molecule has 1 aliphatic heterocycles. The molecule has 1 fully saturated rings. The zero-order valence-corrected chi connectivity index (χ0v) is 20.0. The second-order valence-electron chi connectivity index (χ2n) is 6.58. The van der Waals surface area contributed by atoms with Crippen molar-refractivity contribution < 1.29 is 9.47 Å². The molecular formula is C19H33IN4O2S. The fourth-order valence-electron chi connectivity index (χ4n) is 2.75. The second-order valence-corrected chi connectivity index (χ2v) is 7.93. The van der Waals surface area contributed by atoms with E-state index in [1.54, 1.807) is 13.3 Å². The first-order valence-electron chi connectivity index (χ1n) is 9.36. The van der Waals surface area contributed by atoms with E-state index in [0.717, 1.165) is 36.9 Å².